The highest BCUT2D eigenvalue weighted by molar-refractivity contribution is 7.13. The van der Waals surface area contributed by atoms with Crippen LogP contribution in [-0.4, -0.2) is 34.7 Å². The molecule has 0 spiro atoms. The number of hydrogen-bond donors (Lipinski definition) is 3. The summed E-state index contributed by atoms with van der Waals surface area (Å²) in [6, 6.07) is 0. The molecule has 5 nitrogen and oxygen atoms in total. The number of aromatic nitrogens is 1. The highest BCUT2D eigenvalue weighted by Gasteiger charge is 2.06. The van der Waals surface area contributed by atoms with Crippen molar-refractivity contribution in [2.45, 2.75) is 0 Å². The Hall–Kier alpha value is -1.14. The van der Waals surface area contributed by atoms with Crippen molar-refractivity contribution in [1.29, 1.82) is 0 Å². The summed E-state index contributed by atoms with van der Waals surface area (Å²) < 4.78 is 0. The summed E-state index contributed by atoms with van der Waals surface area (Å²) in [5, 5.41) is 25.3. The van der Waals surface area contributed by atoms with Gasteiger partial charge in [-0.05, 0) is 0 Å². The maximum Gasteiger partial charge on any atom is 0.182 e. The Morgan fingerprint density at radius 1 is 1.83 bits per heavy atom. The third-order valence-corrected chi connectivity index (χ3v) is 2.14. The first-order valence-electron chi connectivity index (χ1n) is 3.27. The minimum absolute atomic E-state index is 0.174. The minimum atomic E-state index is -0.316. The lowest BCUT2D eigenvalue weighted by Gasteiger charge is -1.93. The Morgan fingerprint density at radius 3 is 3.00 bits per heavy atom. The van der Waals surface area contributed by atoms with E-state index in [1.807, 2.05) is 0 Å². The molecule has 0 unspecified atom stereocenters. The van der Waals surface area contributed by atoms with Crippen molar-refractivity contribution in [3.63, 3.8) is 0 Å². The quantitative estimate of drug-likeness (QED) is 0.362. The summed E-state index contributed by atoms with van der Waals surface area (Å²) in [6.07, 6.45) is 0. The van der Waals surface area contributed by atoms with Crippen molar-refractivity contribution < 1.29 is 10.3 Å². The lowest BCUT2D eigenvalue weighted by molar-refractivity contribution is 0.303. The second-order valence-electron chi connectivity index (χ2n) is 1.99. The normalized spacial score (nSPS) is 11.7. The molecule has 0 radical (unpaired) electrons. The summed E-state index contributed by atoms with van der Waals surface area (Å²) >= 11 is 1.38. The van der Waals surface area contributed by atoms with Gasteiger partial charge in [-0.3, -0.25) is 0 Å². The standard InChI is InChI=1S/C6H9N3O2S/c1-7-6-8-5(3-12-6)4(2-10)9-11/h3,10-11H,2H2,1H3,(H,7,8)/b9-4+. The van der Waals surface area contributed by atoms with E-state index in [0.717, 1.165) is 5.13 Å². The molecule has 1 aromatic rings. The molecule has 3 N–H and O–H groups in total. The van der Waals surface area contributed by atoms with Crippen molar-refractivity contribution >= 4 is 22.2 Å². The van der Waals surface area contributed by atoms with E-state index in [9.17, 15) is 0 Å². The van der Waals surface area contributed by atoms with Crippen LogP contribution in [-0.2, 0) is 0 Å². The Morgan fingerprint density at radius 2 is 2.58 bits per heavy atom. The van der Waals surface area contributed by atoms with Gasteiger partial charge < -0.3 is 15.6 Å². The predicted molar refractivity (Wildman–Crippen MR) is 47.1 cm³/mol. The van der Waals surface area contributed by atoms with E-state index in [-0.39, 0.29) is 12.3 Å². The molecule has 0 aromatic carbocycles. The van der Waals surface area contributed by atoms with Gasteiger partial charge in [-0.2, -0.15) is 0 Å². The minimum Gasteiger partial charge on any atom is -0.411 e. The van der Waals surface area contributed by atoms with Gasteiger partial charge in [-0.25, -0.2) is 4.98 Å². The van der Waals surface area contributed by atoms with Gasteiger partial charge in [0.25, 0.3) is 0 Å². The molecular weight excluding hydrogens is 178 g/mol. The lowest BCUT2D eigenvalue weighted by Crippen LogP contribution is -2.06. The molecule has 1 rings (SSSR count). The topological polar surface area (TPSA) is 77.7 Å². The van der Waals surface area contributed by atoms with Gasteiger partial charge in [0.05, 0.1) is 6.61 Å². The molecule has 66 valence electrons. The van der Waals surface area contributed by atoms with Crippen LogP contribution in [0.4, 0.5) is 5.13 Å². The average molecular weight is 187 g/mol. The Kier molecular flexibility index (Phi) is 3.01. The molecule has 6 heteroatoms. The van der Waals surface area contributed by atoms with Gasteiger partial charge in [-0.15, -0.1) is 11.3 Å². The van der Waals surface area contributed by atoms with Crippen molar-refractivity contribution in [3.8, 4) is 0 Å². The zero-order valence-corrected chi connectivity index (χ0v) is 7.30. The number of oxime groups is 1. The molecule has 0 aliphatic carbocycles. The maximum atomic E-state index is 8.71. The zero-order chi connectivity index (χ0) is 8.97. The first kappa shape index (κ1) is 8.95. The van der Waals surface area contributed by atoms with E-state index in [4.69, 9.17) is 10.3 Å². The van der Waals surface area contributed by atoms with Crippen LogP contribution in [0.5, 0.6) is 0 Å². The van der Waals surface area contributed by atoms with Gasteiger partial charge in [0.1, 0.15) is 11.4 Å². The molecule has 0 aliphatic heterocycles. The van der Waals surface area contributed by atoms with Gasteiger partial charge in [0, 0.05) is 12.4 Å². The maximum absolute atomic E-state index is 8.71. The van der Waals surface area contributed by atoms with Crippen LogP contribution in [0.2, 0.25) is 0 Å². The molecule has 0 fully saturated rings. The highest BCUT2D eigenvalue weighted by atomic mass is 32.1. The second kappa shape index (κ2) is 4.03. The van der Waals surface area contributed by atoms with Crippen LogP contribution in [0, 0.1) is 0 Å². The van der Waals surface area contributed by atoms with Crippen LogP contribution in [0.1, 0.15) is 5.69 Å². The van der Waals surface area contributed by atoms with Crippen molar-refractivity contribution in [2.75, 3.05) is 19.0 Å². The van der Waals surface area contributed by atoms with E-state index in [0.29, 0.717) is 5.69 Å². The fourth-order valence-electron chi connectivity index (χ4n) is 0.685. The number of anilines is 1. The Bertz CT molecular complexity index is 284. The third-order valence-electron chi connectivity index (χ3n) is 1.28. The van der Waals surface area contributed by atoms with E-state index in [1.54, 1.807) is 12.4 Å². The fraction of sp³-hybridized carbons (Fsp3) is 0.333. The average Bonchev–Trinajstić information content (AvgIpc) is 2.55. The number of nitrogens with one attached hydrogen (secondary N) is 1. The zero-order valence-electron chi connectivity index (χ0n) is 6.48. The van der Waals surface area contributed by atoms with Crippen LogP contribution >= 0.6 is 11.3 Å². The number of aliphatic hydroxyl groups excluding tert-OH is 1. The first-order chi connectivity index (χ1) is 5.81. The highest BCUT2D eigenvalue weighted by Crippen LogP contribution is 2.14. The monoisotopic (exact) mass is 187 g/mol. The SMILES string of the molecule is CNc1nc(/C(CO)=N/O)cs1. The molecule has 0 bridgehead atoms. The summed E-state index contributed by atoms with van der Waals surface area (Å²) in [7, 11) is 1.75. The van der Waals surface area contributed by atoms with Crippen LogP contribution in [0.3, 0.4) is 0 Å². The van der Waals surface area contributed by atoms with Crippen molar-refractivity contribution in [2.24, 2.45) is 5.16 Å². The Balaban J connectivity index is 2.87. The van der Waals surface area contributed by atoms with Crippen LogP contribution in [0.25, 0.3) is 0 Å². The number of aliphatic hydroxyl groups is 1. The van der Waals surface area contributed by atoms with E-state index >= 15 is 0 Å². The number of rotatable bonds is 3. The van der Waals surface area contributed by atoms with E-state index in [1.165, 1.54) is 11.3 Å². The number of hydrogen-bond acceptors (Lipinski definition) is 6. The van der Waals surface area contributed by atoms with Crippen LogP contribution in [0.15, 0.2) is 10.5 Å². The molecule has 0 atom stereocenters. The predicted octanol–water partition coefficient (Wildman–Crippen LogP) is 0.355. The smallest absolute Gasteiger partial charge is 0.182 e. The number of nitrogens with zero attached hydrogens (tertiary/aromatic N) is 2. The van der Waals surface area contributed by atoms with Gasteiger partial charge in [-0.1, -0.05) is 5.16 Å². The molecule has 1 aromatic heterocycles. The summed E-state index contributed by atoms with van der Waals surface area (Å²) in [5.74, 6) is 0. The molecule has 12 heavy (non-hydrogen) atoms. The molecular formula is C6H9N3O2S. The van der Waals surface area contributed by atoms with Crippen LogP contribution < -0.4 is 5.32 Å². The molecule has 0 saturated carbocycles. The van der Waals surface area contributed by atoms with Gasteiger partial charge >= 0.3 is 0 Å². The second-order valence-corrected chi connectivity index (χ2v) is 2.85. The number of thiazole rings is 1. The lowest BCUT2D eigenvalue weighted by atomic mass is 10.3. The van der Waals surface area contributed by atoms with Gasteiger partial charge in [0.2, 0.25) is 0 Å². The summed E-state index contributed by atoms with van der Waals surface area (Å²) in [4.78, 5) is 4.03. The van der Waals surface area contributed by atoms with Crippen molar-refractivity contribution in [3.05, 3.63) is 11.1 Å². The first-order valence-corrected chi connectivity index (χ1v) is 4.15. The molecule has 0 aliphatic rings. The molecule has 1 heterocycles. The van der Waals surface area contributed by atoms with E-state index < -0.39 is 0 Å². The van der Waals surface area contributed by atoms with Crippen molar-refractivity contribution in [1.82, 2.24) is 4.98 Å². The van der Waals surface area contributed by atoms with Gasteiger partial charge in [0.15, 0.2) is 5.13 Å². The van der Waals surface area contributed by atoms with E-state index in [2.05, 4.69) is 15.5 Å². The Labute approximate surface area is 73.4 Å². The fourth-order valence-corrected chi connectivity index (χ4v) is 1.37. The summed E-state index contributed by atoms with van der Waals surface area (Å²) in [5.41, 5.74) is 0.669. The molecule has 0 saturated heterocycles. The summed E-state index contributed by atoms with van der Waals surface area (Å²) in [6.45, 7) is -0.316. The molecule has 0 amide bonds. The largest absolute Gasteiger partial charge is 0.411 e. The third kappa shape index (κ3) is 1.72.